The van der Waals surface area contributed by atoms with Crippen LogP contribution in [0.4, 0.5) is 0 Å². The lowest BCUT2D eigenvalue weighted by Crippen LogP contribution is -2.52. The maximum absolute atomic E-state index is 2.73. The van der Waals surface area contributed by atoms with E-state index >= 15 is 0 Å². The number of hydrogen-bond donors (Lipinski definition) is 0. The van der Waals surface area contributed by atoms with Crippen molar-refractivity contribution in [1.29, 1.82) is 0 Å². The van der Waals surface area contributed by atoms with E-state index in [4.69, 9.17) is 0 Å². The molecule has 84 valence electrons. The minimum absolute atomic E-state index is 0.435. The van der Waals surface area contributed by atoms with Crippen molar-refractivity contribution in [1.82, 2.24) is 4.90 Å². The lowest BCUT2D eigenvalue weighted by molar-refractivity contribution is 0.0334. The predicted molar refractivity (Wildman–Crippen MR) is 63.6 cm³/mol. The molecular formula is C13H27N. The van der Waals surface area contributed by atoms with Crippen molar-refractivity contribution in [3.8, 4) is 0 Å². The first kappa shape index (κ1) is 12.0. The highest BCUT2D eigenvalue weighted by Crippen LogP contribution is 2.34. The van der Waals surface area contributed by atoms with Gasteiger partial charge in [0.2, 0.25) is 0 Å². The van der Waals surface area contributed by atoms with Gasteiger partial charge in [-0.2, -0.15) is 0 Å². The van der Waals surface area contributed by atoms with E-state index in [0.717, 1.165) is 5.92 Å². The van der Waals surface area contributed by atoms with Crippen LogP contribution >= 0.6 is 0 Å². The average molecular weight is 197 g/mol. The van der Waals surface area contributed by atoms with E-state index < -0.39 is 0 Å². The Kier molecular flexibility index (Phi) is 4.00. The number of likely N-dealkylation sites (tertiary alicyclic amines) is 1. The van der Waals surface area contributed by atoms with Crippen LogP contribution < -0.4 is 0 Å². The molecule has 1 saturated heterocycles. The van der Waals surface area contributed by atoms with E-state index in [-0.39, 0.29) is 0 Å². The molecule has 1 aliphatic rings. The van der Waals surface area contributed by atoms with Gasteiger partial charge in [0.1, 0.15) is 0 Å². The standard InChI is InChI=1S/C13H27N/c1-11(2)13(5)9-7-6-8-10-14(13)12(3)4/h11-12H,6-10H2,1-5H3. The fraction of sp³-hybridized carbons (Fsp3) is 1.00. The van der Waals surface area contributed by atoms with Crippen molar-refractivity contribution in [2.45, 2.75) is 71.9 Å². The third-order valence-corrected chi connectivity index (χ3v) is 4.11. The summed E-state index contributed by atoms with van der Waals surface area (Å²) in [6.45, 7) is 13.2. The maximum atomic E-state index is 2.73. The van der Waals surface area contributed by atoms with Crippen molar-refractivity contribution in [3.05, 3.63) is 0 Å². The molecule has 0 radical (unpaired) electrons. The molecule has 0 amide bonds. The first-order chi connectivity index (χ1) is 6.48. The Bertz CT molecular complexity index is 174. The van der Waals surface area contributed by atoms with Crippen LogP contribution in [0.5, 0.6) is 0 Å². The quantitative estimate of drug-likeness (QED) is 0.652. The number of nitrogens with zero attached hydrogens (tertiary/aromatic N) is 1. The van der Waals surface area contributed by atoms with Crippen LogP contribution in [0.3, 0.4) is 0 Å². The number of hydrogen-bond acceptors (Lipinski definition) is 1. The summed E-state index contributed by atoms with van der Waals surface area (Å²) in [5, 5.41) is 0. The molecule has 0 aromatic carbocycles. The molecule has 0 saturated carbocycles. The minimum Gasteiger partial charge on any atom is -0.295 e. The van der Waals surface area contributed by atoms with E-state index in [9.17, 15) is 0 Å². The van der Waals surface area contributed by atoms with Crippen molar-refractivity contribution < 1.29 is 0 Å². The molecule has 1 aliphatic heterocycles. The first-order valence-corrected chi connectivity index (χ1v) is 6.25. The van der Waals surface area contributed by atoms with Gasteiger partial charge in [-0.3, -0.25) is 4.90 Å². The van der Waals surface area contributed by atoms with E-state index in [1.54, 1.807) is 0 Å². The smallest absolute Gasteiger partial charge is 0.0207 e. The molecule has 14 heavy (non-hydrogen) atoms. The van der Waals surface area contributed by atoms with Gasteiger partial charge in [0.05, 0.1) is 0 Å². The molecule has 1 atom stereocenters. The summed E-state index contributed by atoms with van der Waals surface area (Å²) in [5.74, 6) is 0.767. The molecule has 0 aromatic heterocycles. The van der Waals surface area contributed by atoms with E-state index in [0.29, 0.717) is 11.6 Å². The van der Waals surface area contributed by atoms with Gasteiger partial charge in [-0.15, -0.1) is 0 Å². The Morgan fingerprint density at radius 2 is 1.64 bits per heavy atom. The summed E-state index contributed by atoms with van der Waals surface area (Å²) in [6, 6.07) is 0.695. The van der Waals surface area contributed by atoms with Crippen LogP contribution in [0.1, 0.15) is 60.3 Å². The minimum atomic E-state index is 0.435. The zero-order chi connectivity index (χ0) is 10.8. The summed E-state index contributed by atoms with van der Waals surface area (Å²) in [6.07, 6.45) is 5.60. The Morgan fingerprint density at radius 1 is 1.00 bits per heavy atom. The molecule has 1 heterocycles. The molecule has 0 aliphatic carbocycles. The molecule has 0 bridgehead atoms. The van der Waals surface area contributed by atoms with Gasteiger partial charge in [-0.1, -0.05) is 26.7 Å². The summed E-state index contributed by atoms with van der Waals surface area (Å²) in [5.41, 5.74) is 0.435. The molecule has 1 heteroatoms. The van der Waals surface area contributed by atoms with Crippen molar-refractivity contribution in [3.63, 3.8) is 0 Å². The van der Waals surface area contributed by atoms with Gasteiger partial charge in [0, 0.05) is 11.6 Å². The normalized spacial score (nSPS) is 31.1. The summed E-state index contributed by atoms with van der Waals surface area (Å²) < 4.78 is 0. The molecule has 0 aromatic rings. The molecule has 0 N–H and O–H groups in total. The molecule has 1 unspecified atom stereocenters. The molecule has 0 spiro atoms. The maximum Gasteiger partial charge on any atom is 0.0207 e. The zero-order valence-electron chi connectivity index (χ0n) is 10.6. The van der Waals surface area contributed by atoms with Gasteiger partial charge in [-0.25, -0.2) is 0 Å². The summed E-state index contributed by atoms with van der Waals surface area (Å²) in [7, 11) is 0. The zero-order valence-corrected chi connectivity index (χ0v) is 10.6. The second-order valence-electron chi connectivity index (χ2n) is 5.61. The fourth-order valence-electron chi connectivity index (χ4n) is 2.81. The number of rotatable bonds is 2. The van der Waals surface area contributed by atoms with Gasteiger partial charge in [-0.05, 0) is 46.1 Å². The van der Waals surface area contributed by atoms with Gasteiger partial charge < -0.3 is 0 Å². The summed E-state index contributed by atoms with van der Waals surface area (Å²) >= 11 is 0. The van der Waals surface area contributed by atoms with E-state index in [1.807, 2.05) is 0 Å². The van der Waals surface area contributed by atoms with Crippen LogP contribution in [0.25, 0.3) is 0 Å². The van der Waals surface area contributed by atoms with Gasteiger partial charge in [0.25, 0.3) is 0 Å². The average Bonchev–Trinajstić information content (AvgIpc) is 2.27. The third-order valence-electron chi connectivity index (χ3n) is 4.11. The topological polar surface area (TPSA) is 3.24 Å². The second-order valence-corrected chi connectivity index (χ2v) is 5.61. The molecule has 1 nitrogen and oxygen atoms in total. The van der Waals surface area contributed by atoms with Crippen LogP contribution in [0, 0.1) is 5.92 Å². The highest BCUT2D eigenvalue weighted by Gasteiger charge is 2.36. The van der Waals surface area contributed by atoms with Crippen LogP contribution in [0.15, 0.2) is 0 Å². The van der Waals surface area contributed by atoms with Crippen LogP contribution in [-0.4, -0.2) is 23.0 Å². The molecule has 1 fully saturated rings. The summed E-state index contributed by atoms with van der Waals surface area (Å²) in [4.78, 5) is 2.73. The lowest BCUT2D eigenvalue weighted by Gasteiger charge is -2.46. The lowest BCUT2D eigenvalue weighted by atomic mass is 9.82. The van der Waals surface area contributed by atoms with Gasteiger partial charge in [0.15, 0.2) is 0 Å². The largest absolute Gasteiger partial charge is 0.295 e. The van der Waals surface area contributed by atoms with E-state index in [2.05, 4.69) is 39.5 Å². The molecular weight excluding hydrogens is 170 g/mol. The van der Waals surface area contributed by atoms with Crippen molar-refractivity contribution in [2.75, 3.05) is 6.54 Å². The molecule has 1 rings (SSSR count). The highest BCUT2D eigenvalue weighted by molar-refractivity contribution is 4.92. The Labute approximate surface area is 89.9 Å². The van der Waals surface area contributed by atoms with Crippen LogP contribution in [-0.2, 0) is 0 Å². The van der Waals surface area contributed by atoms with E-state index in [1.165, 1.54) is 32.2 Å². The van der Waals surface area contributed by atoms with Crippen molar-refractivity contribution >= 4 is 0 Å². The third kappa shape index (κ3) is 2.31. The second kappa shape index (κ2) is 4.65. The predicted octanol–water partition coefficient (Wildman–Crippen LogP) is 3.69. The Balaban J connectivity index is 2.83. The Hall–Kier alpha value is -0.0400. The van der Waals surface area contributed by atoms with Gasteiger partial charge >= 0.3 is 0 Å². The van der Waals surface area contributed by atoms with Crippen molar-refractivity contribution in [2.24, 2.45) is 5.92 Å². The SMILES string of the molecule is CC(C)N1CCCCCC1(C)C(C)C. The monoisotopic (exact) mass is 197 g/mol. The fourth-order valence-corrected chi connectivity index (χ4v) is 2.81. The Morgan fingerprint density at radius 3 is 2.14 bits per heavy atom. The first-order valence-electron chi connectivity index (χ1n) is 6.25. The highest BCUT2D eigenvalue weighted by atomic mass is 15.2. The van der Waals surface area contributed by atoms with Crippen LogP contribution in [0.2, 0.25) is 0 Å².